The molecule has 5 heteroatoms. The van der Waals surface area contributed by atoms with Crippen molar-refractivity contribution in [3.8, 4) is 5.75 Å². The van der Waals surface area contributed by atoms with Gasteiger partial charge in [0.2, 0.25) is 0 Å². The van der Waals surface area contributed by atoms with E-state index >= 15 is 0 Å². The second kappa shape index (κ2) is 7.79. The van der Waals surface area contributed by atoms with Crippen LogP contribution in [0.5, 0.6) is 5.75 Å². The summed E-state index contributed by atoms with van der Waals surface area (Å²) < 4.78 is 1.17. The molecular formula is C18H22BrNO2S. The number of aromatic hydroxyl groups is 1. The van der Waals surface area contributed by atoms with E-state index in [4.69, 9.17) is 0 Å². The van der Waals surface area contributed by atoms with Crippen molar-refractivity contribution in [2.45, 2.75) is 50.9 Å². The monoisotopic (exact) mass is 395 g/mol. The molecule has 0 bridgehead atoms. The highest BCUT2D eigenvalue weighted by atomic mass is 79.9. The van der Waals surface area contributed by atoms with Crippen molar-refractivity contribution in [2.75, 3.05) is 0 Å². The molecule has 0 spiro atoms. The second-order valence-corrected chi connectivity index (χ2v) is 8.08. The molecule has 3 rings (SSSR count). The average Bonchev–Trinajstić information content (AvgIpc) is 2.93. The Hall–Kier alpha value is -0.880. The summed E-state index contributed by atoms with van der Waals surface area (Å²) >= 11 is 5.40. The zero-order valence-corrected chi connectivity index (χ0v) is 15.4. The first-order valence-corrected chi connectivity index (χ1v) is 9.71. The molecule has 1 aromatic carbocycles. The molecule has 2 N–H and O–H groups in total. The van der Waals surface area contributed by atoms with Crippen LogP contribution in [0.25, 0.3) is 0 Å². The number of hydrogen-bond donors (Lipinski definition) is 2. The summed E-state index contributed by atoms with van der Waals surface area (Å²) in [5.74, 6) is 0.318. The van der Waals surface area contributed by atoms with Gasteiger partial charge >= 0.3 is 0 Å². The minimum Gasteiger partial charge on any atom is -0.508 e. The Morgan fingerprint density at radius 3 is 2.57 bits per heavy atom. The van der Waals surface area contributed by atoms with Gasteiger partial charge < -0.3 is 10.2 Å². The van der Waals surface area contributed by atoms with Gasteiger partial charge in [0.1, 0.15) is 5.75 Å². The topological polar surface area (TPSA) is 43.7 Å². The minimum atomic E-state index is -0.137. The van der Waals surface area contributed by atoms with Crippen LogP contribution in [0.15, 0.2) is 40.2 Å². The first-order chi connectivity index (χ1) is 11.1. The van der Waals surface area contributed by atoms with Gasteiger partial charge in [-0.3, -0.25) is 4.90 Å². The number of thiophene rings is 1. The Bertz CT molecular complexity index is 637. The van der Waals surface area contributed by atoms with Gasteiger partial charge in [0.05, 0.1) is 6.10 Å². The normalized spacial score (nSPS) is 21.7. The Kier molecular flexibility index (Phi) is 5.75. The lowest BCUT2D eigenvalue weighted by Gasteiger charge is -2.35. The molecule has 0 saturated heterocycles. The van der Waals surface area contributed by atoms with Crippen LogP contribution in [0.1, 0.15) is 36.1 Å². The summed E-state index contributed by atoms with van der Waals surface area (Å²) in [7, 11) is 0. The van der Waals surface area contributed by atoms with Crippen LogP contribution in [0, 0.1) is 0 Å². The Labute approximate surface area is 149 Å². The summed E-state index contributed by atoms with van der Waals surface area (Å²) in [6.07, 6.45) is 3.69. The van der Waals surface area contributed by atoms with E-state index in [9.17, 15) is 10.2 Å². The van der Waals surface area contributed by atoms with Crippen LogP contribution in [0.2, 0.25) is 0 Å². The third kappa shape index (κ3) is 4.57. The molecule has 2 aromatic rings. The van der Waals surface area contributed by atoms with E-state index in [-0.39, 0.29) is 6.10 Å². The van der Waals surface area contributed by atoms with Gasteiger partial charge in [-0.2, -0.15) is 0 Å². The van der Waals surface area contributed by atoms with Crippen molar-refractivity contribution in [1.82, 2.24) is 4.90 Å². The van der Waals surface area contributed by atoms with Gasteiger partial charge in [-0.05, 0) is 70.8 Å². The summed E-state index contributed by atoms with van der Waals surface area (Å²) in [6, 6.07) is 10.1. The fourth-order valence-corrected chi connectivity index (χ4v) is 4.75. The van der Waals surface area contributed by atoms with Crippen molar-refractivity contribution in [2.24, 2.45) is 0 Å². The summed E-state index contributed by atoms with van der Waals surface area (Å²) in [5.41, 5.74) is 1.13. The van der Waals surface area contributed by atoms with Gasteiger partial charge in [0.15, 0.2) is 0 Å². The minimum absolute atomic E-state index is 0.137. The van der Waals surface area contributed by atoms with Gasteiger partial charge in [0, 0.05) is 28.5 Å². The molecule has 0 atom stereocenters. The first-order valence-electron chi connectivity index (χ1n) is 8.03. The van der Waals surface area contributed by atoms with Crippen molar-refractivity contribution in [3.63, 3.8) is 0 Å². The lowest BCUT2D eigenvalue weighted by molar-refractivity contribution is 0.0669. The van der Waals surface area contributed by atoms with Crippen LogP contribution in [0.4, 0.5) is 0 Å². The van der Waals surface area contributed by atoms with Crippen molar-refractivity contribution >= 4 is 27.3 Å². The van der Waals surface area contributed by atoms with E-state index in [2.05, 4.69) is 38.3 Å². The molecule has 1 aliphatic rings. The highest BCUT2D eigenvalue weighted by molar-refractivity contribution is 9.10. The van der Waals surface area contributed by atoms with E-state index in [0.29, 0.717) is 11.8 Å². The number of phenolic OH excluding ortho intramolecular Hbond substituents is 1. The molecule has 124 valence electrons. The standard InChI is InChI=1S/C18H22BrNO2S/c19-17-8-9-23-18(17)12-20(14-4-6-15(21)7-5-14)11-13-2-1-3-16(22)10-13/h1-3,8-10,14-15,21-22H,4-7,11-12H2. The van der Waals surface area contributed by atoms with E-state index in [1.165, 1.54) is 9.35 Å². The zero-order chi connectivity index (χ0) is 16.2. The van der Waals surface area contributed by atoms with Gasteiger partial charge in [-0.25, -0.2) is 0 Å². The number of rotatable bonds is 5. The average molecular weight is 396 g/mol. The number of benzene rings is 1. The van der Waals surface area contributed by atoms with E-state index in [1.807, 2.05) is 12.1 Å². The van der Waals surface area contributed by atoms with Crippen LogP contribution >= 0.6 is 27.3 Å². The van der Waals surface area contributed by atoms with Crippen LogP contribution in [-0.2, 0) is 13.1 Å². The molecule has 1 aromatic heterocycles. The Balaban J connectivity index is 1.76. The number of aliphatic hydroxyl groups is 1. The van der Waals surface area contributed by atoms with Crippen LogP contribution < -0.4 is 0 Å². The quantitative estimate of drug-likeness (QED) is 0.781. The third-order valence-electron chi connectivity index (χ3n) is 4.52. The van der Waals surface area contributed by atoms with Crippen LogP contribution in [-0.4, -0.2) is 27.3 Å². The number of hydrogen-bond acceptors (Lipinski definition) is 4. The maximum absolute atomic E-state index is 9.78. The fraction of sp³-hybridized carbons (Fsp3) is 0.444. The molecular weight excluding hydrogens is 374 g/mol. The van der Waals surface area contributed by atoms with E-state index in [1.54, 1.807) is 17.4 Å². The molecule has 1 heterocycles. The maximum atomic E-state index is 9.78. The largest absolute Gasteiger partial charge is 0.508 e. The predicted molar refractivity (Wildman–Crippen MR) is 97.6 cm³/mol. The van der Waals surface area contributed by atoms with Gasteiger partial charge in [0.25, 0.3) is 0 Å². The number of aliphatic hydroxyl groups excluding tert-OH is 1. The number of nitrogens with zero attached hydrogens (tertiary/aromatic N) is 1. The zero-order valence-electron chi connectivity index (χ0n) is 13.0. The second-order valence-electron chi connectivity index (χ2n) is 6.23. The van der Waals surface area contributed by atoms with Gasteiger partial charge in [-0.15, -0.1) is 11.3 Å². The number of phenols is 1. The maximum Gasteiger partial charge on any atom is 0.115 e. The van der Waals surface area contributed by atoms with E-state index in [0.717, 1.165) is 44.3 Å². The Morgan fingerprint density at radius 2 is 1.91 bits per heavy atom. The van der Waals surface area contributed by atoms with Crippen LogP contribution in [0.3, 0.4) is 0 Å². The molecule has 1 aliphatic carbocycles. The number of halogens is 1. The molecule has 0 amide bonds. The smallest absolute Gasteiger partial charge is 0.115 e. The fourth-order valence-electron chi connectivity index (χ4n) is 3.25. The van der Waals surface area contributed by atoms with Crippen molar-refractivity contribution < 1.29 is 10.2 Å². The van der Waals surface area contributed by atoms with Crippen molar-refractivity contribution in [3.05, 3.63) is 50.6 Å². The molecule has 23 heavy (non-hydrogen) atoms. The molecule has 1 fully saturated rings. The summed E-state index contributed by atoms with van der Waals surface area (Å²) in [6.45, 7) is 1.72. The lowest BCUT2D eigenvalue weighted by Crippen LogP contribution is -2.38. The van der Waals surface area contributed by atoms with Gasteiger partial charge in [-0.1, -0.05) is 12.1 Å². The highest BCUT2D eigenvalue weighted by Gasteiger charge is 2.25. The SMILES string of the molecule is Oc1cccc(CN(Cc2sccc2Br)C2CCC(O)CC2)c1. The lowest BCUT2D eigenvalue weighted by atomic mass is 9.91. The third-order valence-corrected chi connectivity index (χ3v) is 6.43. The molecule has 1 saturated carbocycles. The summed E-state index contributed by atoms with van der Waals surface area (Å²) in [5, 5.41) is 21.6. The first kappa shape index (κ1) is 17.0. The van der Waals surface area contributed by atoms with Crippen molar-refractivity contribution in [1.29, 1.82) is 0 Å². The molecule has 0 radical (unpaired) electrons. The predicted octanol–water partition coefficient (Wildman–Crippen LogP) is 4.52. The Morgan fingerprint density at radius 1 is 1.13 bits per heavy atom. The summed E-state index contributed by atoms with van der Waals surface area (Å²) in [4.78, 5) is 3.81. The molecule has 0 aliphatic heterocycles. The molecule has 0 unspecified atom stereocenters. The van der Waals surface area contributed by atoms with E-state index < -0.39 is 0 Å². The highest BCUT2D eigenvalue weighted by Crippen LogP contribution is 2.30. The molecule has 3 nitrogen and oxygen atoms in total.